The number of nitrogens with one attached hydrogen (secondary N) is 1. The molecule has 1 heterocycles. The number of carbonyl (C=O) groups excluding carboxylic acids is 1. The number of ketones is 1. The van der Waals surface area contributed by atoms with Gasteiger partial charge in [0.25, 0.3) is 0 Å². The molecule has 1 N–H and O–H groups in total. The number of carbonyl (C=O) groups is 1. The molecule has 1 aliphatic heterocycles. The van der Waals surface area contributed by atoms with Crippen LogP contribution in [0.25, 0.3) is 0 Å². The molecule has 2 unspecified atom stereocenters. The van der Waals surface area contributed by atoms with Crippen molar-refractivity contribution < 1.29 is 4.79 Å². The van der Waals surface area contributed by atoms with Crippen LogP contribution in [0.4, 0.5) is 0 Å². The SMILES string of the molecule is C=NN1/C(=C(\C)C(=O)C(C)c2ccc(C)cc2)NC(/C2=C/C/C=C\C=C/C2)CC1(C)C. The standard InChI is InChI=1S/C27H35N3O/c1-19-14-16-22(17-15-19)20(2)25(31)21(3)26-29-24(18-27(4,5)30(26)28-6)23-12-10-8-7-9-11-13-23/h7-10,13-17,20,24,29H,6,11-12,18H2,1-5H3/b9-7-,10-8-,23-13+,26-21+. The number of aryl methyl sites for hydroxylation is 1. The molecule has 4 heteroatoms. The lowest BCUT2D eigenvalue weighted by atomic mass is 9.85. The van der Waals surface area contributed by atoms with Crippen LogP contribution in [-0.2, 0) is 4.79 Å². The maximum Gasteiger partial charge on any atom is 0.169 e. The minimum Gasteiger partial charge on any atom is -0.363 e. The van der Waals surface area contributed by atoms with E-state index in [2.05, 4.69) is 80.4 Å². The van der Waals surface area contributed by atoms with E-state index in [1.165, 1.54) is 11.1 Å². The summed E-state index contributed by atoms with van der Waals surface area (Å²) >= 11 is 0. The second kappa shape index (κ2) is 9.51. The molecule has 0 amide bonds. The van der Waals surface area contributed by atoms with E-state index in [0.29, 0.717) is 5.57 Å². The third kappa shape index (κ3) is 5.07. The van der Waals surface area contributed by atoms with Gasteiger partial charge >= 0.3 is 0 Å². The molecular formula is C27H35N3O. The summed E-state index contributed by atoms with van der Waals surface area (Å²) in [5.74, 6) is 0.646. The first-order chi connectivity index (χ1) is 14.7. The first-order valence-electron chi connectivity index (χ1n) is 11.1. The molecule has 0 aromatic heterocycles. The van der Waals surface area contributed by atoms with Gasteiger partial charge in [-0.2, -0.15) is 5.10 Å². The van der Waals surface area contributed by atoms with Crippen molar-refractivity contribution in [3.8, 4) is 0 Å². The van der Waals surface area contributed by atoms with Crippen LogP contribution in [0.15, 0.2) is 76.7 Å². The smallest absolute Gasteiger partial charge is 0.169 e. The predicted molar refractivity (Wildman–Crippen MR) is 130 cm³/mol. The zero-order valence-corrected chi connectivity index (χ0v) is 19.5. The zero-order chi connectivity index (χ0) is 22.6. The Kier molecular flexibility index (Phi) is 6.99. The number of allylic oxidation sites excluding steroid dienone is 6. The van der Waals surface area contributed by atoms with Gasteiger partial charge in [0.15, 0.2) is 5.78 Å². The maximum absolute atomic E-state index is 13.5. The third-order valence-electron chi connectivity index (χ3n) is 6.34. The molecule has 1 aliphatic carbocycles. The van der Waals surface area contributed by atoms with E-state index in [9.17, 15) is 4.79 Å². The van der Waals surface area contributed by atoms with Gasteiger partial charge in [-0.05, 0) is 58.1 Å². The molecule has 2 atom stereocenters. The van der Waals surface area contributed by atoms with Crippen molar-refractivity contribution in [2.45, 2.75) is 71.4 Å². The van der Waals surface area contributed by atoms with E-state index in [0.717, 1.165) is 30.6 Å². The number of hydrogen-bond acceptors (Lipinski definition) is 4. The summed E-state index contributed by atoms with van der Waals surface area (Å²) in [4.78, 5) is 13.5. The van der Waals surface area contributed by atoms with Crippen molar-refractivity contribution in [3.63, 3.8) is 0 Å². The Balaban J connectivity index is 1.96. The molecule has 1 aromatic rings. The molecule has 1 aromatic carbocycles. The van der Waals surface area contributed by atoms with Crippen LogP contribution in [0, 0.1) is 6.92 Å². The highest BCUT2D eigenvalue weighted by molar-refractivity contribution is 6.00. The fraction of sp³-hybridized carbons (Fsp3) is 0.407. The Morgan fingerprint density at radius 1 is 1.23 bits per heavy atom. The zero-order valence-electron chi connectivity index (χ0n) is 19.5. The average Bonchev–Trinajstić information content (AvgIpc) is 2.71. The highest BCUT2D eigenvalue weighted by Gasteiger charge is 2.40. The Bertz CT molecular complexity index is 947. The van der Waals surface area contributed by atoms with Gasteiger partial charge in [0.2, 0.25) is 0 Å². The first kappa shape index (κ1) is 22.8. The van der Waals surface area contributed by atoms with E-state index in [1.807, 2.05) is 31.0 Å². The van der Waals surface area contributed by atoms with Gasteiger partial charge in [-0.1, -0.05) is 67.1 Å². The number of benzene rings is 1. The van der Waals surface area contributed by atoms with E-state index in [4.69, 9.17) is 0 Å². The van der Waals surface area contributed by atoms with Crippen molar-refractivity contribution in [3.05, 3.63) is 82.7 Å². The van der Waals surface area contributed by atoms with Gasteiger partial charge < -0.3 is 5.32 Å². The fourth-order valence-electron chi connectivity index (χ4n) is 4.39. The molecule has 3 rings (SSSR count). The van der Waals surface area contributed by atoms with Crippen LogP contribution in [0.3, 0.4) is 0 Å². The van der Waals surface area contributed by atoms with Crippen LogP contribution in [0.2, 0.25) is 0 Å². The van der Waals surface area contributed by atoms with Crippen LogP contribution >= 0.6 is 0 Å². The fourth-order valence-corrected chi connectivity index (χ4v) is 4.39. The average molecular weight is 418 g/mol. The Hall–Kier alpha value is -2.88. The number of nitrogens with zero attached hydrogens (tertiary/aromatic N) is 2. The molecule has 0 radical (unpaired) electrons. The monoisotopic (exact) mass is 417 g/mol. The van der Waals surface area contributed by atoms with Gasteiger partial charge in [-0.25, -0.2) is 5.01 Å². The molecule has 31 heavy (non-hydrogen) atoms. The van der Waals surface area contributed by atoms with Crippen molar-refractivity contribution in [2.24, 2.45) is 5.10 Å². The van der Waals surface area contributed by atoms with Crippen LogP contribution in [0.5, 0.6) is 0 Å². The van der Waals surface area contributed by atoms with E-state index in [-0.39, 0.29) is 23.3 Å². The van der Waals surface area contributed by atoms with Gasteiger partial charge in [-0.3, -0.25) is 4.79 Å². The van der Waals surface area contributed by atoms with Gasteiger partial charge in [0.1, 0.15) is 5.82 Å². The van der Waals surface area contributed by atoms with Gasteiger partial charge in [0.05, 0.1) is 11.6 Å². The lowest BCUT2D eigenvalue weighted by Gasteiger charge is -2.47. The summed E-state index contributed by atoms with van der Waals surface area (Å²) in [5, 5.41) is 9.84. The Morgan fingerprint density at radius 3 is 2.58 bits per heavy atom. The van der Waals surface area contributed by atoms with Crippen molar-refractivity contribution in [1.82, 2.24) is 10.3 Å². The Morgan fingerprint density at radius 2 is 1.90 bits per heavy atom. The highest BCUT2D eigenvalue weighted by Crippen LogP contribution is 2.35. The molecular weight excluding hydrogens is 382 g/mol. The minimum absolute atomic E-state index is 0.103. The number of rotatable bonds is 5. The lowest BCUT2D eigenvalue weighted by molar-refractivity contribution is -0.116. The van der Waals surface area contributed by atoms with E-state index < -0.39 is 0 Å². The molecule has 2 aliphatic rings. The largest absolute Gasteiger partial charge is 0.363 e. The highest BCUT2D eigenvalue weighted by atomic mass is 16.1. The summed E-state index contributed by atoms with van der Waals surface area (Å²) < 4.78 is 0. The van der Waals surface area contributed by atoms with Crippen molar-refractivity contribution in [1.29, 1.82) is 0 Å². The number of Topliss-reactive ketones (excluding diaryl/α,β-unsaturated/α-hetero) is 1. The quantitative estimate of drug-likeness (QED) is 0.375. The summed E-state index contributed by atoms with van der Waals surface area (Å²) in [6.45, 7) is 14.1. The second-order valence-electron chi connectivity index (χ2n) is 9.21. The summed E-state index contributed by atoms with van der Waals surface area (Å²) in [7, 11) is 0. The molecule has 4 nitrogen and oxygen atoms in total. The summed E-state index contributed by atoms with van der Waals surface area (Å²) in [6, 6.07) is 8.34. The van der Waals surface area contributed by atoms with Crippen LogP contribution in [-0.4, -0.2) is 29.1 Å². The lowest BCUT2D eigenvalue weighted by Crippen LogP contribution is -2.56. The molecule has 1 saturated heterocycles. The second-order valence-corrected chi connectivity index (χ2v) is 9.21. The molecule has 1 fully saturated rings. The van der Waals surface area contributed by atoms with Gasteiger partial charge in [-0.15, -0.1) is 0 Å². The summed E-state index contributed by atoms with van der Waals surface area (Å²) in [6.07, 6.45) is 13.6. The van der Waals surface area contributed by atoms with Crippen LogP contribution in [0.1, 0.15) is 64.0 Å². The molecule has 0 bridgehead atoms. The van der Waals surface area contributed by atoms with Gasteiger partial charge in [0, 0.05) is 18.2 Å². The topological polar surface area (TPSA) is 44.7 Å². The molecule has 164 valence electrons. The number of hydrogen-bond donors (Lipinski definition) is 1. The number of hydrazone groups is 1. The predicted octanol–water partition coefficient (Wildman–Crippen LogP) is 5.79. The Labute approximate surface area is 187 Å². The van der Waals surface area contributed by atoms with E-state index in [1.54, 1.807) is 0 Å². The minimum atomic E-state index is -0.260. The van der Waals surface area contributed by atoms with E-state index >= 15 is 0 Å². The third-order valence-corrected chi connectivity index (χ3v) is 6.34. The summed E-state index contributed by atoms with van der Waals surface area (Å²) in [5.41, 5.74) is 4.00. The normalized spacial score (nSPS) is 26.9. The van der Waals surface area contributed by atoms with Crippen molar-refractivity contribution in [2.75, 3.05) is 0 Å². The maximum atomic E-state index is 13.5. The van der Waals surface area contributed by atoms with Crippen LogP contribution < -0.4 is 5.32 Å². The van der Waals surface area contributed by atoms with Crippen molar-refractivity contribution >= 4 is 12.5 Å². The molecule has 0 spiro atoms. The molecule has 0 saturated carbocycles. The first-order valence-corrected chi connectivity index (χ1v) is 11.1.